The third-order valence-electron chi connectivity index (χ3n) is 11.4. The van der Waals surface area contributed by atoms with Gasteiger partial charge in [-0.1, -0.05) is 73.7 Å². The zero-order valence-electron chi connectivity index (χ0n) is 31.6. The molecule has 2 aliphatic rings. The number of carbonyl (C=O) groups is 1. The first-order valence-electron chi connectivity index (χ1n) is 19.5. The molecule has 0 spiro atoms. The molecule has 1 aromatic heterocycles. The van der Waals surface area contributed by atoms with Crippen LogP contribution in [0, 0.1) is 6.92 Å². The molecule has 1 heterocycles. The Labute approximate surface area is 319 Å². The second-order valence-corrected chi connectivity index (χ2v) is 15.6. The summed E-state index contributed by atoms with van der Waals surface area (Å²) in [5.74, 6) is 1.01. The Bertz CT molecular complexity index is 1830. The molecular weight excluding hydrogens is 681 g/mol. The average Bonchev–Trinajstić information content (AvgIpc) is 4.14. The highest BCUT2D eigenvalue weighted by Gasteiger charge is 2.45. The molecule has 1 unspecified atom stereocenters. The first-order valence-corrected chi connectivity index (χ1v) is 19.5. The van der Waals surface area contributed by atoms with Gasteiger partial charge in [0, 0.05) is 37.5 Å². The minimum absolute atomic E-state index is 0.0939. The number of carbonyl (C=O) groups excluding carboxylic acids is 1. The van der Waals surface area contributed by atoms with E-state index in [9.17, 15) is 25.2 Å². The number of hydrogen-bond acceptors (Lipinski definition) is 8. The summed E-state index contributed by atoms with van der Waals surface area (Å²) in [7, 11) is 0. The van der Waals surface area contributed by atoms with Crippen LogP contribution in [0.5, 0.6) is 5.75 Å². The summed E-state index contributed by atoms with van der Waals surface area (Å²) in [5, 5.41) is 50.2. The van der Waals surface area contributed by atoms with E-state index in [4.69, 9.17) is 9.84 Å². The third-order valence-corrected chi connectivity index (χ3v) is 11.4. The molecule has 2 aliphatic carbocycles. The molecule has 6 rings (SSSR count). The maximum absolute atomic E-state index is 13.5. The normalized spacial score (nSPS) is 17.6. The molecule has 3 aromatic carbocycles. The fourth-order valence-corrected chi connectivity index (χ4v) is 7.50. The summed E-state index contributed by atoms with van der Waals surface area (Å²) in [5.41, 5.74) is 8.51. The van der Waals surface area contributed by atoms with Crippen LogP contribution in [0.2, 0.25) is 0 Å². The van der Waals surface area contributed by atoms with Crippen LogP contribution >= 0.6 is 0 Å². The van der Waals surface area contributed by atoms with Crippen LogP contribution < -0.4 is 4.74 Å². The van der Waals surface area contributed by atoms with Crippen LogP contribution in [-0.4, -0.2) is 85.0 Å². The molecule has 4 aromatic rings. The molecular formula is C45H56N2O7. The van der Waals surface area contributed by atoms with Gasteiger partial charge in [-0.3, -0.25) is 9.78 Å². The number of hydrogen-bond donors (Lipinski definition) is 5. The van der Waals surface area contributed by atoms with Crippen molar-refractivity contribution in [1.82, 2.24) is 9.88 Å². The number of aryl methyl sites for hydroxylation is 2. The smallest absolute Gasteiger partial charge is 0.222 e. The van der Waals surface area contributed by atoms with Gasteiger partial charge >= 0.3 is 0 Å². The van der Waals surface area contributed by atoms with Crippen molar-refractivity contribution in [2.45, 2.75) is 120 Å². The van der Waals surface area contributed by atoms with Gasteiger partial charge in [0.05, 0.1) is 12.7 Å². The van der Waals surface area contributed by atoms with E-state index in [0.29, 0.717) is 12.5 Å². The summed E-state index contributed by atoms with van der Waals surface area (Å²) in [6, 6.07) is 26.7. The minimum Gasteiger partial charge on any atom is -0.490 e. The lowest BCUT2D eigenvalue weighted by molar-refractivity contribution is -0.140. The Hall–Kier alpha value is -4.12. The van der Waals surface area contributed by atoms with Crippen LogP contribution in [0.4, 0.5) is 0 Å². The summed E-state index contributed by atoms with van der Waals surface area (Å²) in [6.45, 7) is 3.60. The number of aliphatic hydroxyl groups excluding tert-OH is 5. The lowest BCUT2D eigenvalue weighted by Gasteiger charge is -2.30. The van der Waals surface area contributed by atoms with Crippen molar-refractivity contribution in [3.8, 4) is 16.9 Å². The van der Waals surface area contributed by atoms with Crippen LogP contribution in [0.1, 0.15) is 92.0 Å². The maximum atomic E-state index is 13.5. The zero-order valence-corrected chi connectivity index (χ0v) is 31.6. The van der Waals surface area contributed by atoms with Crippen molar-refractivity contribution in [2.75, 3.05) is 13.2 Å². The Morgan fingerprint density at radius 3 is 2.37 bits per heavy atom. The molecule has 0 aliphatic heterocycles. The van der Waals surface area contributed by atoms with Crippen molar-refractivity contribution in [1.29, 1.82) is 0 Å². The van der Waals surface area contributed by atoms with Gasteiger partial charge in [-0.15, -0.1) is 0 Å². The van der Waals surface area contributed by atoms with Gasteiger partial charge in [-0.05, 0) is 115 Å². The topological polar surface area (TPSA) is 144 Å². The Balaban J connectivity index is 1.07. The summed E-state index contributed by atoms with van der Waals surface area (Å²) in [6.07, 6.45) is 5.88. The second-order valence-electron chi connectivity index (χ2n) is 15.6. The van der Waals surface area contributed by atoms with E-state index in [1.807, 2.05) is 42.6 Å². The third kappa shape index (κ3) is 9.94. The number of para-hydroxylation sites is 1. The standard InChI is InChI=1S/C45H56N2O7/c1-30(9-8-14-42(51)47(27-32-10-4-3-5-11-32)28-39(49)43(52)44(53)40(50)29-48)33-16-15-31(2)34(25-33)19-21-45(22-23-45)38-26-46-24-20-36(38)37-12-6-7-13-41(37)54-35-17-18-35/h3-7,10-13,15-16,20,24-26,30,35,39-40,43-44,48-50,52-53H,8-9,14,17-19,21-23,27-29H2,1-2H3/t30?,39-,40+,43+,44+/m0/s1. The van der Waals surface area contributed by atoms with E-state index < -0.39 is 31.0 Å². The molecule has 54 heavy (non-hydrogen) atoms. The first kappa shape index (κ1) is 39.6. The summed E-state index contributed by atoms with van der Waals surface area (Å²) >= 11 is 0. The molecule has 288 valence electrons. The lowest BCUT2D eigenvalue weighted by Crippen LogP contribution is -2.50. The van der Waals surface area contributed by atoms with Crippen LogP contribution in [0.25, 0.3) is 11.1 Å². The predicted octanol–water partition coefficient (Wildman–Crippen LogP) is 6.00. The molecule has 2 fully saturated rings. The first-order chi connectivity index (χ1) is 26.1. The highest BCUT2D eigenvalue weighted by molar-refractivity contribution is 5.76. The average molecular weight is 737 g/mol. The monoisotopic (exact) mass is 736 g/mol. The number of pyridine rings is 1. The molecule has 9 nitrogen and oxygen atoms in total. The van der Waals surface area contributed by atoms with Crippen molar-refractivity contribution in [2.24, 2.45) is 0 Å². The van der Waals surface area contributed by atoms with Crippen molar-refractivity contribution in [3.63, 3.8) is 0 Å². The van der Waals surface area contributed by atoms with Gasteiger partial charge in [0.2, 0.25) is 5.91 Å². The lowest BCUT2D eigenvalue weighted by atomic mass is 9.84. The van der Waals surface area contributed by atoms with Gasteiger partial charge in [0.25, 0.3) is 0 Å². The minimum atomic E-state index is -1.75. The van der Waals surface area contributed by atoms with Crippen molar-refractivity contribution < 1.29 is 35.1 Å². The van der Waals surface area contributed by atoms with E-state index >= 15 is 0 Å². The second kappa shape index (κ2) is 18.0. The van der Waals surface area contributed by atoms with E-state index in [1.165, 1.54) is 32.7 Å². The SMILES string of the molecule is Cc1ccc(C(C)CCCC(=O)N(Cc2ccccc2)C[C@H](O)[C@@H](O)[C@H](O)[C@H](O)CO)cc1CCC1(c2cnccc2-c2ccccc2OC2CC2)CC1. The fraction of sp³-hybridized carbons (Fsp3) is 0.467. The number of ether oxygens (including phenoxy) is 1. The molecule has 9 heteroatoms. The number of benzene rings is 3. The van der Waals surface area contributed by atoms with E-state index in [1.54, 1.807) is 0 Å². The molecule has 1 amide bonds. The largest absolute Gasteiger partial charge is 0.490 e. The number of nitrogens with zero attached hydrogens (tertiary/aromatic N) is 2. The highest BCUT2D eigenvalue weighted by atomic mass is 16.5. The van der Waals surface area contributed by atoms with Crippen LogP contribution in [0.3, 0.4) is 0 Å². The number of aromatic nitrogens is 1. The van der Waals surface area contributed by atoms with E-state index in [2.05, 4.69) is 67.5 Å². The Morgan fingerprint density at radius 2 is 1.65 bits per heavy atom. The number of amides is 1. The molecule has 0 saturated heterocycles. The van der Waals surface area contributed by atoms with E-state index in [0.717, 1.165) is 61.8 Å². The summed E-state index contributed by atoms with van der Waals surface area (Å²) in [4.78, 5) is 19.6. The van der Waals surface area contributed by atoms with Crippen LogP contribution in [0.15, 0.2) is 91.3 Å². The van der Waals surface area contributed by atoms with E-state index in [-0.39, 0.29) is 36.8 Å². The molecule has 5 N–H and O–H groups in total. The van der Waals surface area contributed by atoms with Crippen molar-refractivity contribution >= 4 is 5.91 Å². The predicted molar refractivity (Wildman–Crippen MR) is 209 cm³/mol. The molecule has 2 saturated carbocycles. The zero-order chi connectivity index (χ0) is 38.2. The quantitative estimate of drug-likeness (QED) is 0.0744. The van der Waals surface area contributed by atoms with Gasteiger partial charge in [0.1, 0.15) is 30.2 Å². The molecule has 0 bridgehead atoms. The Kier molecular flexibility index (Phi) is 13.2. The fourth-order valence-electron chi connectivity index (χ4n) is 7.50. The van der Waals surface area contributed by atoms with Crippen molar-refractivity contribution in [3.05, 3.63) is 119 Å². The van der Waals surface area contributed by atoms with Crippen LogP contribution in [-0.2, 0) is 23.2 Å². The Morgan fingerprint density at radius 1 is 0.926 bits per heavy atom. The number of rotatable bonds is 20. The van der Waals surface area contributed by atoms with Gasteiger partial charge in [0.15, 0.2) is 0 Å². The highest BCUT2D eigenvalue weighted by Crippen LogP contribution is 2.55. The molecule has 5 atom stereocenters. The summed E-state index contributed by atoms with van der Waals surface area (Å²) < 4.78 is 6.31. The number of aliphatic hydroxyl groups is 5. The molecule has 0 radical (unpaired) electrons. The maximum Gasteiger partial charge on any atom is 0.222 e. The van der Waals surface area contributed by atoms with Gasteiger partial charge < -0.3 is 35.2 Å². The van der Waals surface area contributed by atoms with Gasteiger partial charge in [-0.2, -0.15) is 0 Å². The van der Waals surface area contributed by atoms with Gasteiger partial charge in [-0.25, -0.2) is 0 Å².